The second kappa shape index (κ2) is 4.45. The molecule has 0 unspecified atom stereocenters. The van der Waals surface area contributed by atoms with E-state index in [1.807, 2.05) is 6.07 Å². The van der Waals surface area contributed by atoms with Gasteiger partial charge in [-0.3, -0.25) is 10.3 Å². The standard InChI is InChI=1S/C12H16N2O/c1-15-8-4-7-14-9-10-5-2-3-6-11(10)12(14)13/h2-3,5-6,13H,4,7-9H2,1H3/p+1. The zero-order valence-electron chi connectivity index (χ0n) is 9.07. The monoisotopic (exact) mass is 205 g/mol. The maximum atomic E-state index is 6.07. The summed E-state index contributed by atoms with van der Waals surface area (Å²) >= 11 is 0. The van der Waals surface area contributed by atoms with Crippen molar-refractivity contribution < 1.29 is 9.31 Å². The molecule has 1 aliphatic rings. The van der Waals surface area contributed by atoms with E-state index < -0.39 is 0 Å². The molecule has 15 heavy (non-hydrogen) atoms. The third kappa shape index (κ3) is 2.02. The Labute approximate surface area is 90.2 Å². The number of ether oxygens (including phenoxy) is 1. The molecule has 2 N–H and O–H groups in total. The third-order valence-electron chi connectivity index (χ3n) is 2.77. The third-order valence-corrected chi connectivity index (χ3v) is 2.77. The van der Waals surface area contributed by atoms with Crippen molar-refractivity contribution in [1.82, 2.24) is 0 Å². The van der Waals surface area contributed by atoms with E-state index in [9.17, 15) is 0 Å². The predicted molar refractivity (Wildman–Crippen MR) is 60.1 cm³/mol. The molecule has 1 aromatic rings. The lowest BCUT2D eigenvalue weighted by Crippen LogP contribution is -2.24. The first-order valence-corrected chi connectivity index (χ1v) is 5.27. The van der Waals surface area contributed by atoms with Crippen molar-refractivity contribution in [2.75, 3.05) is 20.3 Å². The summed E-state index contributed by atoms with van der Waals surface area (Å²) in [4.78, 5) is 0. The maximum Gasteiger partial charge on any atom is 0.275 e. The molecule has 0 aromatic heterocycles. The second-order valence-electron chi connectivity index (χ2n) is 3.81. The normalized spacial score (nSPS) is 14.5. The lowest BCUT2D eigenvalue weighted by atomic mass is 10.1. The van der Waals surface area contributed by atoms with Crippen LogP contribution in [0, 0.1) is 0 Å². The van der Waals surface area contributed by atoms with Crippen molar-refractivity contribution in [3.63, 3.8) is 0 Å². The van der Waals surface area contributed by atoms with Crippen LogP contribution in [0.25, 0.3) is 0 Å². The highest BCUT2D eigenvalue weighted by molar-refractivity contribution is 5.96. The first kappa shape index (κ1) is 10.2. The largest absolute Gasteiger partial charge is 0.385 e. The Kier molecular flexibility index (Phi) is 3.02. The van der Waals surface area contributed by atoms with Crippen LogP contribution in [0.4, 0.5) is 0 Å². The molecule has 2 rings (SSSR count). The molecule has 0 aliphatic carbocycles. The first-order valence-electron chi connectivity index (χ1n) is 5.27. The fourth-order valence-corrected chi connectivity index (χ4v) is 1.97. The Bertz CT molecular complexity index is 385. The van der Waals surface area contributed by atoms with Gasteiger partial charge < -0.3 is 4.74 Å². The van der Waals surface area contributed by atoms with Gasteiger partial charge in [-0.1, -0.05) is 18.2 Å². The minimum Gasteiger partial charge on any atom is -0.385 e. The Balaban J connectivity index is 2.08. The summed E-state index contributed by atoms with van der Waals surface area (Å²) in [5, 5.41) is 0. The van der Waals surface area contributed by atoms with Gasteiger partial charge in [0.15, 0.2) is 0 Å². The fraction of sp³-hybridized carbons (Fsp3) is 0.417. The minimum atomic E-state index is 0.792. The van der Waals surface area contributed by atoms with E-state index in [0.29, 0.717) is 0 Å². The number of fused-ring (bicyclic) bond motifs is 1. The number of benzene rings is 1. The summed E-state index contributed by atoms with van der Waals surface area (Å²) in [6.45, 7) is 2.69. The van der Waals surface area contributed by atoms with Crippen LogP contribution in [0.15, 0.2) is 24.3 Å². The molecule has 80 valence electrons. The molecule has 0 atom stereocenters. The molecule has 0 saturated carbocycles. The van der Waals surface area contributed by atoms with E-state index in [1.54, 1.807) is 7.11 Å². The Hall–Kier alpha value is -1.35. The van der Waals surface area contributed by atoms with Crippen LogP contribution in [-0.4, -0.2) is 30.7 Å². The highest BCUT2D eigenvalue weighted by Gasteiger charge is 2.23. The zero-order valence-corrected chi connectivity index (χ0v) is 9.07. The van der Waals surface area contributed by atoms with Crippen LogP contribution in [0.3, 0.4) is 0 Å². The van der Waals surface area contributed by atoms with Gasteiger partial charge in [0.2, 0.25) is 0 Å². The van der Waals surface area contributed by atoms with Crippen LogP contribution in [-0.2, 0) is 11.3 Å². The zero-order chi connectivity index (χ0) is 10.7. The van der Waals surface area contributed by atoms with Crippen LogP contribution in [0.1, 0.15) is 17.5 Å². The topological polar surface area (TPSA) is 38.3 Å². The molecular formula is C12H17N2O+. The van der Waals surface area contributed by atoms with Crippen molar-refractivity contribution >= 4 is 5.84 Å². The van der Waals surface area contributed by atoms with E-state index in [-0.39, 0.29) is 0 Å². The van der Waals surface area contributed by atoms with Gasteiger partial charge in [-0.25, -0.2) is 0 Å². The molecule has 0 bridgehead atoms. The summed E-state index contributed by atoms with van der Waals surface area (Å²) < 4.78 is 7.25. The van der Waals surface area contributed by atoms with Crippen LogP contribution in [0.2, 0.25) is 0 Å². The molecule has 0 saturated heterocycles. The smallest absolute Gasteiger partial charge is 0.275 e. The van der Waals surface area contributed by atoms with Crippen molar-refractivity contribution in [3.8, 4) is 0 Å². The van der Waals surface area contributed by atoms with E-state index >= 15 is 0 Å². The van der Waals surface area contributed by atoms with Gasteiger partial charge in [0.1, 0.15) is 6.54 Å². The summed E-state index contributed by atoms with van der Waals surface area (Å²) in [5.41, 5.74) is 8.59. The molecule has 1 aromatic carbocycles. The lowest BCUT2D eigenvalue weighted by Gasteiger charge is -2.02. The van der Waals surface area contributed by atoms with Gasteiger partial charge in [-0.2, -0.15) is 0 Å². The number of nitrogens with two attached hydrogens (primary N) is 1. The number of rotatable bonds is 4. The van der Waals surface area contributed by atoms with Crippen LogP contribution >= 0.6 is 0 Å². The second-order valence-corrected chi connectivity index (χ2v) is 3.81. The van der Waals surface area contributed by atoms with Crippen LogP contribution < -0.4 is 5.73 Å². The van der Waals surface area contributed by atoms with E-state index in [4.69, 9.17) is 10.5 Å². The molecule has 0 amide bonds. The predicted octanol–water partition coefficient (Wildman–Crippen LogP) is 0.955. The van der Waals surface area contributed by atoms with Gasteiger partial charge in [-0.05, 0) is 6.07 Å². The average Bonchev–Trinajstić information content (AvgIpc) is 2.57. The van der Waals surface area contributed by atoms with Crippen molar-refractivity contribution in [1.29, 1.82) is 0 Å². The Morgan fingerprint density at radius 1 is 1.40 bits per heavy atom. The number of nitrogens with zero attached hydrogens (tertiary/aromatic N) is 1. The highest BCUT2D eigenvalue weighted by Crippen LogP contribution is 2.16. The van der Waals surface area contributed by atoms with Crippen molar-refractivity contribution in [3.05, 3.63) is 35.4 Å². The molecule has 1 heterocycles. The molecular weight excluding hydrogens is 188 g/mol. The summed E-state index contributed by atoms with van der Waals surface area (Å²) in [6, 6.07) is 8.31. The van der Waals surface area contributed by atoms with Gasteiger partial charge in [-0.15, -0.1) is 0 Å². The Morgan fingerprint density at radius 3 is 2.93 bits per heavy atom. The van der Waals surface area contributed by atoms with Crippen molar-refractivity contribution in [2.24, 2.45) is 5.73 Å². The van der Waals surface area contributed by atoms with Crippen molar-refractivity contribution in [2.45, 2.75) is 13.0 Å². The fourth-order valence-electron chi connectivity index (χ4n) is 1.97. The Morgan fingerprint density at radius 2 is 2.20 bits per heavy atom. The SMILES string of the molecule is COCCC[N+]1=C(N)c2ccccc2C1. The first-order chi connectivity index (χ1) is 7.33. The number of hydrogen-bond donors (Lipinski definition) is 1. The quantitative estimate of drug-likeness (QED) is 0.587. The van der Waals surface area contributed by atoms with Crippen LogP contribution in [0.5, 0.6) is 0 Å². The number of hydrogen-bond acceptors (Lipinski definition) is 2. The molecule has 0 radical (unpaired) electrons. The molecule has 0 spiro atoms. The van der Waals surface area contributed by atoms with Gasteiger partial charge in [0, 0.05) is 25.7 Å². The maximum absolute atomic E-state index is 6.07. The number of amidine groups is 1. The average molecular weight is 205 g/mol. The molecule has 3 nitrogen and oxygen atoms in total. The number of methoxy groups -OCH3 is 1. The van der Waals surface area contributed by atoms with E-state index in [1.165, 1.54) is 11.1 Å². The molecule has 3 heteroatoms. The van der Waals surface area contributed by atoms with Gasteiger partial charge >= 0.3 is 0 Å². The summed E-state index contributed by atoms with van der Waals surface area (Å²) in [5.74, 6) is 0.904. The van der Waals surface area contributed by atoms with E-state index in [0.717, 1.165) is 32.0 Å². The highest BCUT2D eigenvalue weighted by atomic mass is 16.5. The summed E-state index contributed by atoms with van der Waals surface area (Å²) in [7, 11) is 1.73. The molecule has 1 aliphatic heterocycles. The lowest BCUT2D eigenvalue weighted by molar-refractivity contribution is -0.540. The van der Waals surface area contributed by atoms with Gasteiger partial charge in [0.05, 0.1) is 12.1 Å². The minimum absolute atomic E-state index is 0.792. The van der Waals surface area contributed by atoms with Gasteiger partial charge in [0.25, 0.3) is 5.84 Å². The van der Waals surface area contributed by atoms with E-state index in [2.05, 4.69) is 22.8 Å². The molecule has 0 fully saturated rings. The summed E-state index contributed by atoms with van der Waals surface area (Å²) in [6.07, 6.45) is 1.02.